The zero-order chi connectivity index (χ0) is 101. The molecular weight excluding hydrogens is 1910 g/mol. The zero-order valence-corrected chi connectivity index (χ0v) is 76.9. The SMILES string of the molecule is CC(C)(Nc1ccnc(-c2c[nH]c3ncc(Cl)cc23)n1)C(=O)NC1CC1.CC(C)(Nc1nc(-c2c[nH]c3ncc(F)cc23)ncc1F)C(=O)NCC(F)(F)F.CC(C)(Nc1nc(-c2c[nH]c3ncc(F)cc23)ncc1F)C(=O)NCCF.CCNC(=O)C(C)(C)Nc1nc(-c2c[nH]c3ncc(F)cc23)ncc1F.O=C(NCC(F)(F)F)C1(Cc2nc(-c3c[nH]c4ncc(Cl)cc34)ncc2F)CCOCC1.[HH].[HH].[HH].[HH].[HH].[HH].[HH].[HH].[HH].[HH].[HH].[HH].[HH].[HH]. The van der Waals surface area contributed by atoms with Crippen LogP contribution in [0, 0.1) is 46.1 Å². The van der Waals surface area contributed by atoms with E-state index in [1.807, 2.05) is 25.2 Å². The van der Waals surface area contributed by atoms with Gasteiger partial charge in [-0.2, -0.15) is 26.3 Å². The van der Waals surface area contributed by atoms with Crippen molar-refractivity contribution in [2.45, 2.75) is 135 Å². The Labute approximate surface area is 815 Å². The van der Waals surface area contributed by atoms with Crippen molar-refractivity contribution in [1.29, 1.82) is 0 Å². The fourth-order valence-corrected chi connectivity index (χ4v) is 14.2. The lowest BCUT2D eigenvalue weighted by Crippen LogP contribution is -2.50. The number of pyridine rings is 5. The number of ether oxygens (including phenoxy) is 1. The van der Waals surface area contributed by atoms with Crippen LogP contribution in [-0.4, -0.2) is 216 Å². The lowest BCUT2D eigenvalue weighted by atomic mass is 9.75. The van der Waals surface area contributed by atoms with E-state index in [9.17, 15) is 85.4 Å². The molecule has 0 spiro atoms. The van der Waals surface area contributed by atoms with Gasteiger partial charge in [0.05, 0.1) is 64.5 Å². The largest absolute Gasteiger partial charge is 0.405 e. The second kappa shape index (κ2) is 42.5. The van der Waals surface area contributed by atoms with Crippen molar-refractivity contribution in [3.63, 3.8) is 0 Å². The molecule has 0 aromatic carbocycles. The Hall–Kier alpha value is -15.0. The van der Waals surface area contributed by atoms with Crippen LogP contribution >= 0.6 is 23.2 Å². The highest BCUT2D eigenvalue weighted by atomic mass is 35.5. The summed E-state index contributed by atoms with van der Waals surface area (Å²) in [4.78, 5) is 138. The first-order chi connectivity index (χ1) is 66.2. The van der Waals surface area contributed by atoms with E-state index in [2.05, 4.69) is 137 Å². The van der Waals surface area contributed by atoms with E-state index < -0.39 is 124 Å². The molecule has 1 saturated heterocycles. The molecule has 1 aliphatic heterocycles. The van der Waals surface area contributed by atoms with Gasteiger partial charge in [-0.3, -0.25) is 24.0 Å². The molecule has 51 heteroatoms. The van der Waals surface area contributed by atoms with Crippen LogP contribution in [0.25, 0.3) is 112 Å². The lowest BCUT2D eigenvalue weighted by Gasteiger charge is -2.35. The lowest BCUT2D eigenvalue weighted by molar-refractivity contribution is -0.148. The summed E-state index contributed by atoms with van der Waals surface area (Å²) >= 11 is 12.1. The number of H-pyrrole nitrogens is 5. The van der Waals surface area contributed by atoms with Crippen molar-refractivity contribution >= 4 is 131 Å². The first-order valence-electron chi connectivity index (χ1n) is 42.6. The smallest absolute Gasteiger partial charge is 0.381 e. The van der Waals surface area contributed by atoms with E-state index in [-0.39, 0.29) is 111 Å². The Morgan fingerprint density at radius 3 is 1.16 bits per heavy atom. The molecule has 5 amide bonds. The second-order valence-electron chi connectivity index (χ2n) is 33.9. The molecule has 0 atom stereocenters. The number of amides is 5. The summed E-state index contributed by atoms with van der Waals surface area (Å²) in [5.74, 6) is -6.58. The second-order valence-corrected chi connectivity index (χ2v) is 34.8. The predicted molar refractivity (Wildman–Crippen MR) is 519 cm³/mol. The third-order valence-corrected chi connectivity index (χ3v) is 21.8. The van der Waals surface area contributed by atoms with Crippen LogP contribution in [0.1, 0.15) is 114 Å². The number of aromatic nitrogens is 20. The maximum Gasteiger partial charge on any atom is 0.405 e. The number of nitrogens with zero attached hydrogens (tertiary/aromatic N) is 15. The van der Waals surface area contributed by atoms with Crippen LogP contribution < -0.4 is 47.9 Å². The Kier molecular flexibility index (Phi) is 31.1. The van der Waals surface area contributed by atoms with Crippen molar-refractivity contribution < 1.29 is 110 Å². The number of fused-ring (bicyclic) bond motifs is 5. The number of hydrogen-bond donors (Lipinski definition) is 14. The van der Waals surface area contributed by atoms with Gasteiger partial charge in [0.1, 0.15) is 93.4 Å². The topological polar surface area (TPSA) is 475 Å². The molecule has 764 valence electrons. The molecule has 2 fully saturated rings. The van der Waals surface area contributed by atoms with Crippen molar-refractivity contribution in [3.05, 3.63) is 186 Å². The van der Waals surface area contributed by atoms with Gasteiger partial charge in [-0.25, -0.2) is 110 Å². The maximum absolute atomic E-state index is 14.6. The molecule has 16 heterocycles. The van der Waals surface area contributed by atoms with Gasteiger partial charge >= 0.3 is 12.4 Å². The van der Waals surface area contributed by atoms with Crippen molar-refractivity contribution in [2.75, 3.05) is 67.3 Å². The Morgan fingerprint density at radius 1 is 0.429 bits per heavy atom. The van der Waals surface area contributed by atoms with Gasteiger partial charge in [0.25, 0.3) is 0 Å². The van der Waals surface area contributed by atoms with Crippen LogP contribution in [0.3, 0.4) is 0 Å². The highest BCUT2D eigenvalue weighted by molar-refractivity contribution is 6.31. The van der Waals surface area contributed by atoms with Crippen LogP contribution in [0.5, 0.6) is 0 Å². The molecule has 15 aromatic rings. The van der Waals surface area contributed by atoms with Gasteiger partial charge < -0.3 is 77.5 Å². The number of carbonyl (C=O) groups excluding carboxylic acids is 5. The third-order valence-electron chi connectivity index (χ3n) is 21.4. The summed E-state index contributed by atoms with van der Waals surface area (Å²) in [5.41, 5.74) is -1.01. The van der Waals surface area contributed by atoms with Gasteiger partial charge in [0.15, 0.2) is 69.8 Å². The molecule has 2 aliphatic rings. The molecule has 1 aliphatic carbocycles. The summed E-state index contributed by atoms with van der Waals surface area (Å²) in [6, 6.07) is 9.31. The highest BCUT2D eigenvalue weighted by Crippen LogP contribution is 2.39. The standard InChI is InChI=1S/C20H18ClF4N5O2.C18H19ClN6O.C17H15F5N6O.C17H17F3N6O.C17H18F2N6O.14H2/c21-11-5-12-13(8-27-16(12)26-7-11)17-28-9-14(22)15(30-17)6-19(1-3-32-4-2-19)18(31)29-10-20(23,24)25;1-18(2,17(26)23-11-3-4-11)25-14-5-6-20-16(24-14)13-9-22-15-12(13)7-10(19)8-21-15;1-16(2,15(29)26-7-17(20,21)22)28-14-11(19)6-25-13(27-14)10-5-24-12-9(10)3-8(18)4-23-12;1-17(2,16(27)21-4-3-18)26-15-12(20)8-24-14(25-15)11-7-23-13-10(11)5-9(19)6-22-13;1-4-20-16(26)17(2,3)25-15-12(19)8-23-14(24-15)11-7-22-13-10(11)5-9(18)6-21-13;;;;;;;;;;;;;;/h5,7-9H,1-4,6,10H2,(H,26,27)(H,29,31);5-9,11H,3-4H2,1-2H3,(H,21,22)(H,23,26)(H,20,24,25);3-6H,7H2,1-2H3,(H,23,24)(H,26,29)(H,25,27,28);5-8H,3-4H2,1-2H3,(H,21,27)(H,22,23)(H,24,25,26);5-8H,4H2,1-3H3,(H,20,26)(H,21,22)(H,23,24,25);14*1H. The van der Waals surface area contributed by atoms with Crippen molar-refractivity contribution in [3.8, 4) is 56.9 Å². The fraction of sp³-hybridized carbons (Fsp3) is 0.326. The summed E-state index contributed by atoms with van der Waals surface area (Å²) in [5, 5.41) is 26.6. The number of nitrogens with one attached hydrogen (secondary N) is 14. The van der Waals surface area contributed by atoms with E-state index in [0.717, 1.165) is 72.8 Å². The number of hydrogen-bond acceptors (Lipinski definition) is 25. The first kappa shape index (κ1) is 102. The molecule has 14 N–H and O–H groups in total. The molecule has 1 saturated carbocycles. The highest BCUT2D eigenvalue weighted by Gasteiger charge is 2.44. The Bertz CT molecular complexity index is 7130. The number of rotatable bonds is 26. The summed E-state index contributed by atoms with van der Waals surface area (Å²) < 4.78 is 190. The minimum Gasteiger partial charge on any atom is -0.381 e. The summed E-state index contributed by atoms with van der Waals surface area (Å²) in [7, 11) is 0. The van der Waals surface area contributed by atoms with Crippen LogP contribution in [0.2, 0.25) is 10.0 Å². The van der Waals surface area contributed by atoms with E-state index in [4.69, 9.17) is 27.9 Å². The number of carbonyl (C=O) groups is 5. The Balaban J connectivity index is 0. The fourth-order valence-electron chi connectivity index (χ4n) is 13.9. The third kappa shape index (κ3) is 25.5. The van der Waals surface area contributed by atoms with Crippen molar-refractivity contribution in [2.24, 2.45) is 5.41 Å². The monoisotopic (exact) mass is 2020 g/mol. The maximum atomic E-state index is 14.6. The molecule has 15 aromatic heterocycles. The van der Waals surface area contributed by atoms with Crippen LogP contribution in [-0.2, 0) is 35.1 Å². The van der Waals surface area contributed by atoms with Gasteiger partial charge in [-0.15, -0.1) is 0 Å². The molecule has 0 bridgehead atoms. The molecule has 140 heavy (non-hydrogen) atoms. The minimum absolute atomic E-state index is 0. The van der Waals surface area contributed by atoms with Gasteiger partial charge in [-0.05, 0) is 124 Å². The zero-order valence-electron chi connectivity index (χ0n) is 75.4. The number of likely N-dealkylation sites (N-methyl/N-ethyl adjacent to an activating group) is 1. The molecule has 17 rings (SSSR count). The average molecular weight is 2020 g/mol. The summed E-state index contributed by atoms with van der Waals surface area (Å²) in [6.07, 6.45) is 12.7. The minimum atomic E-state index is -4.59. The Morgan fingerprint density at radius 2 is 0.779 bits per heavy atom. The van der Waals surface area contributed by atoms with Gasteiger partial charge in [0.2, 0.25) is 29.5 Å². The quantitative estimate of drug-likeness (QED) is 0.0224. The van der Waals surface area contributed by atoms with Crippen LogP contribution in [0.4, 0.5) is 84.7 Å². The number of halogens is 16. The molecule has 0 unspecified atom stereocenters. The van der Waals surface area contributed by atoms with E-state index in [0.29, 0.717) is 101 Å². The first-order valence-corrected chi connectivity index (χ1v) is 43.4. The van der Waals surface area contributed by atoms with E-state index in [1.54, 1.807) is 69.2 Å². The number of alkyl halides is 7. The van der Waals surface area contributed by atoms with E-state index >= 15 is 0 Å². The van der Waals surface area contributed by atoms with Gasteiger partial charge in [0, 0.05) is 163 Å². The van der Waals surface area contributed by atoms with Crippen LogP contribution in [0.15, 0.2) is 129 Å². The average Bonchev–Trinajstić information content (AvgIpc) is 1.74. The van der Waals surface area contributed by atoms with E-state index in [1.165, 1.54) is 64.5 Å². The molecule has 35 nitrogen and oxygen atoms in total. The number of anilines is 4. The molecule has 0 radical (unpaired) electrons. The normalized spacial score (nSPS) is 13.3. The number of aromatic amines is 5. The van der Waals surface area contributed by atoms with Gasteiger partial charge in [-0.1, -0.05) is 23.2 Å². The predicted octanol–water partition coefficient (Wildman–Crippen LogP) is 18.8. The molecular formula is C89H115Cl2F14N29O6. The van der Waals surface area contributed by atoms with Crippen molar-refractivity contribution in [1.82, 2.24) is 126 Å². The summed E-state index contributed by atoms with van der Waals surface area (Å²) in [6.45, 7) is 11.2.